The summed E-state index contributed by atoms with van der Waals surface area (Å²) < 4.78 is 2.05. The number of carbonyl (C=O) groups excluding carboxylic acids is 1. The molecule has 0 unspecified atom stereocenters. The van der Waals surface area contributed by atoms with Crippen LogP contribution in [0.4, 0.5) is 0 Å². The summed E-state index contributed by atoms with van der Waals surface area (Å²) in [6.07, 6.45) is 6.09. The summed E-state index contributed by atoms with van der Waals surface area (Å²) in [6, 6.07) is 14.7. The van der Waals surface area contributed by atoms with Gasteiger partial charge in [0.25, 0.3) is 5.91 Å². The molecule has 0 radical (unpaired) electrons. The molecule has 1 amide bonds. The fourth-order valence-electron chi connectivity index (χ4n) is 4.95. The number of aromatic nitrogens is 2. The monoisotopic (exact) mass is 374 g/mol. The van der Waals surface area contributed by atoms with Crippen LogP contribution in [-0.2, 0) is 13.6 Å². The second-order valence-electron chi connectivity index (χ2n) is 8.26. The molecular formula is C23H26N4O. The molecule has 3 saturated heterocycles. The fourth-order valence-corrected chi connectivity index (χ4v) is 4.95. The van der Waals surface area contributed by atoms with E-state index >= 15 is 0 Å². The summed E-state index contributed by atoms with van der Waals surface area (Å²) in [5.41, 5.74) is 3.16. The maximum atomic E-state index is 13.5. The summed E-state index contributed by atoms with van der Waals surface area (Å²) in [7, 11) is 2.00. The molecule has 5 heterocycles. The number of nitrogens with zero attached hydrogens (tertiary/aromatic N) is 4. The number of hydrogen-bond donors (Lipinski definition) is 0. The van der Waals surface area contributed by atoms with Gasteiger partial charge < -0.3 is 9.47 Å². The lowest BCUT2D eigenvalue weighted by molar-refractivity contribution is 0.0575. The number of fused-ring (bicyclic) bond motifs is 5. The van der Waals surface area contributed by atoms with Crippen molar-refractivity contribution in [3.05, 3.63) is 66.1 Å². The number of benzene rings is 1. The first-order chi connectivity index (χ1) is 13.7. The van der Waals surface area contributed by atoms with E-state index in [2.05, 4.69) is 33.0 Å². The van der Waals surface area contributed by atoms with E-state index in [0.717, 1.165) is 49.2 Å². The number of pyridine rings is 1. The van der Waals surface area contributed by atoms with Gasteiger partial charge in [-0.05, 0) is 42.5 Å². The van der Waals surface area contributed by atoms with E-state index in [9.17, 15) is 4.79 Å². The van der Waals surface area contributed by atoms with Gasteiger partial charge in [0.2, 0.25) is 0 Å². The number of piperidine rings is 1. The Bertz CT molecular complexity index is 996. The van der Waals surface area contributed by atoms with Crippen LogP contribution in [-0.4, -0.2) is 50.9 Å². The average molecular weight is 374 g/mol. The van der Waals surface area contributed by atoms with E-state index < -0.39 is 0 Å². The van der Waals surface area contributed by atoms with Gasteiger partial charge in [0.1, 0.15) is 5.69 Å². The Morgan fingerprint density at radius 3 is 2.82 bits per heavy atom. The van der Waals surface area contributed by atoms with Gasteiger partial charge in [-0.1, -0.05) is 24.3 Å². The molecule has 0 N–H and O–H groups in total. The quantitative estimate of drug-likeness (QED) is 0.706. The Morgan fingerprint density at radius 1 is 1.11 bits per heavy atom. The zero-order chi connectivity index (χ0) is 19.1. The maximum Gasteiger partial charge on any atom is 0.270 e. The Morgan fingerprint density at radius 2 is 2.00 bits per heavy atom. The van der Waals surface area contributed by atoms with Crippen molar-refractivity contribution in [1.82, 2.24) is 19.4 Å². The number of para-hydroxylation sites is 1. The molecule has 3 fully saturated rings. The van der Waals surface area contributed by atoms with Crippen molar-refractivity contribution in [3.63, 3.8) is 0 Å². The Balaban J connectivity index is 1.39. The molecule has 0 saturated carbocycles. The second-order valence-corrected chi connectivity index (χ2v) is 8.26. The van der Waals surface area contributed by atoms with Crippen molar-refractivity contribution >= 4 is 16.8 Å². The van der Waals surface area contributed by atoms with Crippen molar-refractivity contribution in [3.8, 4) is 0 Å². The van der Waals surface area contributed by atoms with Crippen molar-refractivity contribution in [1.29, 1.82) is 0 Å². The lowest BCUT2D eigenvalue weighted by Gasteiger charge is -2.36. The van der Waals surface area contributed by atoms with E-state index in [1.807, 2.05) is 48.3 Å². The summed E-state index contributed by atoms with van der Waals surface area (Å²) >= 11 is 0. The molecule has 2 bridgehead atoms. The molecule has 0 spiro atoms. The summed E-state index contributed by atoms with van der Waals surface area (Å²) in [4.78, 5) is 22.4. The summed E-state index contributed by atoms with van der Waals surface area (Å²) in [5, 5.41) is 1.13. The summed E-state index contributed by atoms with van der Waals surface area (Å²) in [6.45, 7) is 3.79. The third-order valence-corrected chi connectivity index (χ3v) is 6.35. The minimum atomic E-state index is 0.177. The van der Waals surface area contributed by atoms with Gasteiger partial charge in [-0.2, -0.15) is 0 Å². The zero-order valence-corrected chi connectivity index (χ0v) is 16.3. The highest BCUT2D eigenvalue weighted by atomic mass is 16.2. The van der Waals surface area contributed by atoms with Crippen LogP contribution >= 0.6 is 0 Å². The van der Waals surface area contributed by atoms with Crippen molar-refractivity contribution < 1.29 is 4.79 Å². The van der Waals surface area contributed by atoms with Gasteiger partial charge in [0, 0.05) is 62.6 Å². The highest BCUT2D eigenvalue weighted by molar-refractivity contribution is 5.99. The SMILES string of the molecule is Cn1c(C(=O)N2C[C@H]3CC[C@@H]2CN(Cc2cccnc2)C3)cc2ccccc21. The van der Waals surface area contributed by atoms with Crippen LogP contribution in [0.15, 0.2) is 54.9 Å². The molecular weight excluding hydrogens is 348 g/mol. The number of rotatable bonds is 3. The van der Waals surface area contributed by atoms with Gasteiger partial charge >= 0.3 is 0 Å². The predicted octanol–water partition coefficient (Wildman–Crippen LogP) is 3.31. The average Bonchev–Trinajstić information content (AvgIpc) is 2.85. The number of amides is 1. The molecule has 3 aliphatic heterocycles. The first kappa shape index (κ1) is 17.4. The molecule has 3 aliphatic rings. The van der Waals surface area contributed by atoms with Crippen LogP contribution in [0.25, 0.3) is 10.9 Å². The molecule has 5 heteroatoms. The molecule has 144 valence electrons. The van der Waals surface area contributed by atoms with E-state index in [1.165, 1.54) is 12.0 Å². The first-order valence-electron chi connectivity index (χ1n) is 10.2. The van der Waals surface area contributed by atoms with Gasteiger partial charge in [0.05, 0.1) is 0 Å². The van der Waals surface area contributed by atoms with E-state index in [0.29, 0.717) is 12.0 Å². The lowest BCUT2D eigenvalue weighted by atomic mass is 9.94. The fraction of sp³-hybridized carbons (Fsp3) is 0.391. The van der Waals surface area contributed by atoms with Crippen molar-refractivity contribution in [2.75, 3.05) is 19.6 Å². The summed E-state index contributed by atoms with van der Waals surface area (Å²) in [5.74, 6) is 0.727. The molecule has 5 nitrogen and oxygen atoms in total. The van der Waals surface area contributed by atoms with E-state index in [1.54, 1.807) is 0 Å². The van der Waals surface area contributed by atoms with Gasteiger partial charge in [-0.25, -0.2) is 0 Å². The lowest BCUT2D eigenvalue weighted by Crippen LogP contribution is -2.47. The first-order valence-corrected chi connectivity index (χ1v) is 10.2. The van der Waals surface area contributed by atoms with Gasteiger partial charge in [-0.15, -0.1) is 0 Å². The highest BCUT2D eigenvalue weighted by Gasteiger charge is 2.38. The topological polar surface area (TPSA) is 41.4 Å². The van der Waals surface area contributed by atoms with Crippen LogP contribution in [0.3, 0.4) is 0 Å². The third kappa shape index (κ3) is 3.10. The van der Waals surface area contributed by atoms with Crippen molar-refractivity contribution in [2.45, 2.75) is 25.4 Å². The molecule has 28 heavy (non-hydrogen) atoms. The molecule has 1 aromatic carbocycles. The Kier molecular flexibility index (Phi) is 4.40. The normalized spacial score (nSPS) is 22.5. The van der Waals surface area contributed by atoms with Crippen LogP contribution in [0, 0.1) is 5.92 Å². The Hall–Kier alpha value is -2.66. The molecule has 2 atom stereocenters. The van der Waals surface area contributed by atoms with Gasteiger partial charge in [0.15, 0.2) is 0 Å². The molecule has 3 aromatic rings. The minimum Gasteiger partial charge on any atom is -0.340 e. The predicted molar refractivity (Wildman–Crippen MR) is 110 cm³/mol. The second kappa shape index (κ2) is 7.06. The number of carbonyl (C=O) groups is 1. The number of hydrogen-bond acceptors (Lipinski definition) is 3. The van der Waals surface area contributed by atoms with Crippen molar-refractivity contribution in [2.24, 2.45) is 13.0 Å². The highest BCUT2D eigenvalue weighted by Crippen LogP contribution is 2.31. The Labute approximate surface area is 165 Å². The van der Waals surface area contributed by atoms with E-state index in [-0.39, 0.29) is 5.91 Å². The van der Waals surface area contributed by atoms with Crippen LogP contribution < -0.4 is 0 Å². The van der Waals surface area contributed by atoms with Gasteiger partial charge in [-0.3, -0.25) is 14.7 Å². The minimum absolute atomic E-state index is 0.177. The number of aryl methyl sites for hydroxylation is 1. The largest absolute Gasteiger partial charge is 0.340 e. The van der Waals surface area contributed by atoms with Crippen LogP contribution in [0.5, 0.6) is 0 Å². The zero-order valence-electron chi connectivity index (χ0n) is 16.3. The molecule has 0 aliphatic carbocycles. The molecule has 2 aromatic heterocycles. The smallest absolute Gasteiger partial charge is 0.270 e. The standard InChI is InChI=1S/C23H26N4O/c1-25-21-7-3-2-6-19(21)11-22(25)23(28)27-15-18-8-9-20(27)16-26(14-18)13-17-5-4-10-24-12-17/h2-7,10-12,18,20H,8-9,13-16H2,1H3/t18-,20+/m0/s1. The molecule has 6 rings (SSSR count). The third-order valence-electron chi connectivity index (χ3n) is 6.35. The van der Waals surface area contributed by atoms with E-state index in [4.69, 9.17) is 0 Å². The van der Waals surface area contributed by atoms with Crippen LogP contribution in [0.1, 0.15) is 28.9 Å². The van der Waals surface area contributed by atoms with Crippen LogP contribution in [0.2, 0.25) is 0 Å². The maximum absolute atomic E-state index is 13.5.